The van der Waals surface area contributed by atoms with Gasteiger partial charge in [0, 0.05) is 15.7 Å². The van der Waals surface area contributed by atoms with Crippen molar-refractivity contribution < 1.29 is 14.0 Å². The molecule has 1 heterocycles. The van der Waals surface area contributed by atoms with Crippen molar-refractivity contribution >= 4 is 50.0 Å². The van der Waals surface area contributed by atoms with E-state index in [1.165, 1.54) is 23.5 Å². The minimum atomic E-state index is -0.765. The number of halogens is 2. The summed E-state index contributed by atoms with van der Waals surface area (Å²) in [7, 11) is 0. The van der Waals surface area contributed by atoms with Crippen LogP contribution >= 0.6 is 27.3 Å². The monoisotopic (exact) mass is 505 g/mol. The van der Waals surface area contributed by atoms with Gasteiger partial charge < -0.3 is 10.6 Å². The fourth-order valence-electron chi connectivity index (χ4n) is 2.71. The lowest BCUT2D eigenvalue weighted by atomic mass is 9.98. The standard InChI is InChI=1S/C21H21BrFN5O2S/c1-3-12(2)17(25-20(30)24-16-10-6-14(22)7-11-16)18(29)26-21-28-27-19(31-21)13-4-8-15(23)9-5-13/h4-12,17H,3H2,1-2H3,(H2,24,25,30)(H,26,28,29)/t12-,17+/m0/s1. The van der Waals surface area contributed by atoms with E-state index in [4.69, 9.17) is 0 Å². The third kappa shape index (κ3) is 6.31. The number of amides is 3. The van der Waals surface area contributed by atoms with E-state index in [9.17, 15) is 14.0 Å². The largest absolute Gasteiger partial charge is 0.326 e. The Morgan fingerprint density at radius 3 is 2.39 bits per heavy atom. The van der Waals surface area contributed by atoms with Crippen LogP contribution in [0.1, 0.15) is 20.3 Å². The first-order chi connectivity index (χ1) is 14.9. The predicted octanol–water partition coefficient (Wildman–Crippen LogP) is 5.28. The minimum Gasteiger partial charge on any atom is -0.326 e. The Hall–Kier alpha value is -2.85. The third-order valence-corrected chi connectivity index (χ3v) is 6.05. The van der Waals surface area contributed by atoms with Gasteiger partial charge in [-0.15, -0.1) is 10.2 Å². The number of rotatable bonds is 7. The van der Waals surface area contributed by atoms with Gasteiger partial charge in [0.25, 0.3) is 0 Å². The van der Waals surface area contributed by atoms with Crippen molar-refractivity contribution in [3.8, 4) is 10.6 Å². The number of anilines is 2. The molecule has 3 rings (SSSR count). The maximum Gasteiger partial charge on any atom is 0.319 e. The van der Waals surface area contributed by atoms with E-state index in [1.54, 1.807) is 24.3 Å². The number of aromatic nitrogens is 2. The highest BCUT2D eigenvalue weighted by Gasteiger charge is 2.27. The predicted molar refractivity (Wildman–Crippen MR) is 123 cm³/mol. The lowest BCUT2D eigenvalue weighted by molar-refractivity contribution is -0.119. The maximum atomic E-state index is 13.1. The van der Waals surface area contributed by atoms with Crippen LogP contribution in [0.25, 0.3) is 10.6 Å². The fraction of sp³-hybridized carbons (Fsp3) is 0.238. The zero-order valence-electron chi connectivity index (χ0n) is 16.9. The maximum absolute atomic E-state index is 13.1. The molecule has 7 nitrogen and oxygen atoms in total. The molecule has 3 N–H and O–H groups in total. The summed E-state index contributed by atoms with van der Waals surface area (Å²) in [6.07, 6.45) is 0.688. The molecule has 31 heavy (non-hydrogen) atoms. The average molecular weight is 506 g/mol. The van der Waals surface area contributed by atoms with Gasteiger partial charge >= 0.3 is 6.03 Å². The van der Waals surface area contributed by atoms with E-state index in [1.807, 2.05) is 26.0 Å². The summed E-state index contributed by atoms with van der Waals surface area (Å²) in [4.78, 5) is 25.3. The number of nitrogens with zero attached hydrogens (tertiary/aromatic N) is 2. The van der Waals surface area contributed by atoms with Gasteiger partial charge in [-0.05, 0) is 54.4 Å². The Labute approximate surface area is 191 Å². The summed E-state index contributed by atoms with van der Waals surface area (Å²) in [6.45, 7) is 3.82. The highest BCUT2D eigenvalue weighted by Crippen LogP contribution is 2.26. The van der Waals surface area contributed by atoms with Gasteiger partial charge in [-0.25, -0.2) is 9.18 Å². The van der Waals surface area contributed by atoms with Crippen LogP contribution in [0.5, 0.6) is 0 Å². The molecule has 0 aliphatic carbocycles. The summed E-state index contributed by atoms with van der Waals surface area (Å²) >= 11 is 4.51. The van der Waals surface area contributed by atoms with Crippen molar-refractivity contribution in [2.45, 2.75) is 26.3 Å². The van der Waals surface area contributed by atoms with Crippen LogP contribution in [0.2, 0.25) is 0 Å². The van der Waals surface area contributed by atoms with Gasteiger partial charge in [-0.1, -0.05) is 47.5 Å². The molecule has 0 saturated heterocycles. The Balaban J connectivity index is 1.66. The summed E-state index contributed by atoms with van der Waals surface area (Å²) < 4.78 is 14.0. The Kier molecular flexibility index (Phi) is 7.69. The Morgan fingerprint density at radius 2 is 1.74 bits per heavy atom. The van der Waals surface area contributed by atoms with Crippen LogP contribution in [-0.2, 0) is 4.79 Å². The first kappa shape index (κ1) is 22.8. The smallest absolute Gasteiger partial charge is 0.319 e. The summed E-state index contributed by atoms with van der Waals surface area (Å²) in [5.74, 6) is -0.840. The Bertz CT molecular complexity index is 1040. The second-order valence-corrected chi connectivity index (χ2v) is 8.77. The molecule has 2 aromatic carbocycles. The first-order valence-electron chi connectivity index (χ1n) is 9.59. The normalized spacial score (nSPS) is 12.6. The number of hydrogen-bond donors (Lipinski definition) is 3. The number of hydrogen-bond acceptors (Lipinski definition) is 5. The van der Waals surface area contributed by atoms with Crippen LogP contribution in [0.15, 0.2) is 53.0 Å². The van der Waals surface area contributed by atoms with Gasteiger partial charge in [-0.3, -0.25) is 10.1 Å². The SMILES string of the molecule is CC[C@H](C)[C@@H](NC(=O)Nc1ccc(Br)cc1)C(=O)Nc1nnc(-c2ccc(F)cc2)s1. The van der Waals surface area contributed by atoms with Crippen LogP contribution in [-0.4, -0.2) is 28.2 Å². The molecule has 0 fully saturated rings. The summed E-state index contributed by atoms with van der Waals surface area (Å²) in [5, 5.41) is 17.1. The highest BCUT2D eigenvalue weighted by atomic mass is 79.9. The number of carbonyl (C=O) groups excluding carboxylic acids is 2. The number of nitrogens with one attached hydrogen (secondary N) is 3. The van der Waals surface area contributed by atoms with E-state index in [2.05, 4.69) is 42.1 Å². The molecule has 0 aliphatic heterocycles. The van der Waals surface area contributed by atoms with Crippen LogP contribution in [0.4, 0.5) is 20.0 Å². The molecule has 10 heteroatoms. The van der Waals surface area contributed by atoms with E-state index >= 15 is 0 Å². The second kappa shape index (κ2) is 10.5. The highest BCUT2D eigenvalue weighted by molar-refractivity contribution is 9.10. The molecule has 3 aromatic rings. The molecule has 162 valence electrons. The molecule has 0 unspecified atom stereocenters. The lowest BCUT2D eigenvalue weighted by Gasteiger charge is -2.23. The van der Waals surface area contributed by atoms with Crippen molar-refractivity contribution in [1.29, 1.82) is 0 Å². The van der Waals surface area contributed by atoms with Gasteiger partial charge in [0.15, 0.2) is 0 Å². The summed E-state index contributed by atoms with van der Waals surface area (Å²) in [5.41, 5.74) is 1.31. The zero-order valence-corrected chi connectivity index (χ0v) is 19.3. The van der Waals surface area contributed by atoms with Crippen molar-refractivity contribution in [3.05, 3.63) is 58.8 Å². The van der Waals surface area contributed by atoms with Crippen LogP contribution in [0, 0.1) is 11.7 Å². The average Bonchev–Trinajstić information content (AvgIpc) is 3.22. The molecular formula is C21H21BrFN5O2S. The second-order valence-electron chi connectivity index (χ2n) is 6.88. The minimum absolute atomic E-state index is 0.111. The number of benzene rings is 2. The lowest BCUT2D eigenvalue weighted by Crippen LogP contribution is -2.49. The van der Waals surface area contributed by atoms with Gasteiger partial charge in [0.1, 0.15) is 16.9 Å². The molecule has 1 aromatic heterocycles. The van der Waals surface area contributed by atoms with Gasteiger partial charge in [0.05, 0.1) is 0 Å². The first-order valence-corrected chi connectivity index (χ1v) is 11.2. The third-order valence-electron chi connectivity index (χ3n) is 4.63. The van der Waals surface area contributed by atoms with Crippen molar-refractivity contribution in [1.82, 2.24) is 15.5 Å². The molecule has 0 bridgehead atoms. The van der Waals surface area contributed by atoms with Crippen LogP contribution in [0.3, 0.4) is 0 Å². The number of urea groups is 1. The molecule has 0 radical (unpaired) electrons. The van der Waals surface area contributed by atoms with Crippen molar-refractivity contribution in [2.75, 3.05) is 10.6 Å². The van der Waals surface area contributed by atoms with Gasteiger partial charge in [-0.2, -0.15) is 0 Å². The molecule has 0 aliphatic rings. The van der Waals surface area contributed by atoms with E-state index < -0.39 is 12.1 Å². The van der Waals surface area contributed by atoms with Crippen molar-refractivity contribution in [3.63, 3.8) is 0 Å². The van der Waals surface area contributed by atoms with E-state index in [0.717, 1.165) is 4.47 Å². The number of carbonyl (C=O) groups is 2. The topological polar surface area (TPSA) is 96.0 Å². The molecular weight excluding hydrogens is 485 g/mol. The summed E-state index contributed by atoms with van der Waals surface area (Å²) in [6, 6.07) is 11.7. The van der Waals surface area contributed by atoms with E-state index in [0.29, 0.717) is 27.8 Å². The molecule has 0 spiro atoms. The molecule has 2 atom stereocenters. The Morgan fingerprint density at radius 1 is 1.06 bits per heavy atom. The van der Waals surface area contributed by atoms with E-state index in [-0.39, 0.29) is 17.6 Å². The van der Waals surface area contributed by atoms with Crippen LogP contribution < -0.4 is 16.0 Å². The molecule has 0 saturated carbocycles. The fourth-order valence-corrected chi connectivity index (χ4v) is 3.73. The molecule has 3 amide bonds. The zero-order chi connectivity index (χ0) is 22.4. The van der Waals surface area contributed by atoms with Gasteiger partial charge in [0.2, 0.25) is 11.0 Å². The van der Waals surface area contributed by atoms with Crippen molar-refractivity contribution in [2.24, 2.45) is 5.92 Å². The quantitative estimate of drug-likeness (QED) is 0.406.